The molecule has 0 aliphatic heterocycles. The Balaban J connectivity index is 1.99. The number of Topliss-reactive ketones (excluding diaryl/α,β-unsaturated/α-hetero) is 1. The maximum absolute atomic E-state index is 12.6. The van der Waals surface area contributed by atoms with Crippen molar-refractivity contribution in [2.45, 2.75) is 52.4 Å². The predicted octanol–water partition coefficient (Wildman–Crippen LogP) is 3.00. The zero-order valence-corrected chi connectivity index (χ0v) is 11.3. The topological polar surface area (TPSA) is 43.1 Å². The van der Waals surface area contributed by atoms with Crippen molar-refractivity contribution >= 4 is 5.78 Å². The molecule has 0 aromatic rings. The molecule has 2 saturated carbocycles. The highest BCUT2D eigenvalue weighted by Crippen LogP contribution is 2.39. The zero-order valence-electron chi connectivity index (χ0n) is 11.3. The van der Waals surface area contributed by atoms with Crippen LogP contribution in [-0.2, 0) is 4.79 Å². The Morgan fingerprint density at radius 3 is 2.35 bits per heavy atom. The highest BCUT2D eigenvalue weighted by atomic mass is 16.1. The molecule has 17 heavy (non-hydrogen) atoms. The maximum Gasteiger partial charge on any atom is 0.139 e. The first-order valence-corrected chi connectivity index (χ1v) is 7.35. The Kier molecular flexibility index (Phi) is 4.24. The van der Waals surface area contributed by atoms with Gasteiger partial charge in [0.1, 0.15) is 5.78 Å². The SMILES string of the molecule is CC1CC(C)CC(C(=O)C2CCCC2CN)C1. The van der Waals surface area contributed by atoms with Crippen LogP contribution in [0.4, 0.5) is 0 Å². The molecule has 0 spiro atoms. The van der Waals surface area contributed by atoms with Crippen LogP contribution in [0.1, 0.15) is 52.4 Å². The van der Waals surface area contributed by atoms with E-state index in [1.807, 2.05) is 0 Å². The van der Waals surface area contributed by atoms with Crippen LogP contribution in [0.3, 0.4) is 0 Å². The van der Waals surface area contributed by atoms with E-state index >= 15 is 0 Å². The minimum absolute atomic E-state index is 0.294. The Labute approximate surface area is 105 Å². The maximum atomic E-state index is 12.6. The van der Waals surface area contributed by atoms with Gasteiger partial charge in [0.25, 0.3) is 0 Å². The van der Waals surface area contributed by atoms with E-state index in [2.05, 4.69) is 13.8 Å². The van der Waals surface area contributed by atoms with Crippen LogP contribution in [-0.4, -0.2) is 12.3 Å². The fraction of sp³-hybridized carbons (Fsp3) is 0.933. The molecule has 0 radical (unpaired) electrons. The van der Waals surface area contributed by atoms with Gasteiger partial charge in [-0.25, -0.2) is 0 Å². The summed E-state index contributed by atoms with van der Waals surface area (Å²) in [6.07, 6.45) is 7.02. The monoisotopic (exact) mass is 237 g/mol. The van der Waals surface area contributed by atoms with E-state index < -0.39 is 0 Å². The van der Waals surface area contributed by atoms with Crippen molar-refractivity contribution in [3.05, 3.63) is 0 Å². The number of hydrogen-bond donors (Lipinski definition) is 1. The summed E-state index contributed by atoms with van der Waals surface area (Å²) in [5.74, 6) is 3.12. The minimum atomic E-state index is 0.294. The first kappa shape index (κ1) is 13.1. The first-order valence-electron chi connectivity index (χ1n) is 7.35. The quantitative estimate of drug-likeness (QED) is 0.820. The number of hydrogen-bond acceptors (Lipinski definition) is 2. The van der Waals surface area contributed by atoms with E-state index in [9.17, 15) is 4.79 Å². The molecule has 0 amide bonds. The van der Waals surface area contributed by atoms with E-state index in [-0.39, 0.29) is 0 Å². The second kappa shape index (κ2) is 5.51. The molecule has 4 atom stereocenters. The highest BCUT2D eigenvalue weighted by Gasteiger charge is 2.38. The molecule has 2 fully saturated rings. The number of rotatable bonds is 3. The Bertz CT molecular complexity index is 266. The molecule has 0 heterocycles. The van der Waals surface area contributed by atoms with E-state index in [0.29, 0.717) is 30.1 Å². The van der Waals surface area contributed by atoms with Gasteiger partial charge in [-0.15, -0.1) is 0 Å². The average molecular weight is 237 g/mol. The predicted molar refractivity (Wildman–Crippen MR) is 70.6 cm³/mol. The van der Waals surface area contributed by atoms with Crippen LogP contribution < -0.4 is 5.73 Å². The van der Waals surface area contributed by atoms with Crippen LogP contribution in [0.2, 0.25) is 0 Å². The van der Waals surface area contributed by atoms with E-state index in [0.717, 1.165) is 31.1 Å². The second-order valence-electron chi connectivity index (χ2n) is 6.55. The molecule has 0 bridgehead atoms. The molecule has 2 N–H and O–H groups in total. The van der Waals surface area contributed by atoms with Crippen molar-refractivity contribution in [1.29, 1.82) is 0 Å². The van der Waals surface area contributed by atoms with Gasteiger partial charge < -0.3 is 5.73 Å². The molecule has 0 saturated heterocycles. The lowest BCUT2D eigenvalue weighted by Gasteiger charge is -2.33. The molecule has 4 unspecified atom stereocenters. The third-order valence-electron chi connectivity index (χ3n) is 4.91. The normalized spacial score (nSPS) is 42.6. The summed E-state index contributed by atoms with van der Waals surface area (Å²) in [6.45, 7) is 5.30. The smallest absolute Gasteiger partial charge is 0.139 e. The molecule has 2 heteroatoms. The molecule has 2 aliphatic carbocycles. The molecule has 0 aromatic carbocycles. The molecule has 2 aliphatic rings. The lowest BCUT2D eigenvalue weighted by molar-refractivity contribution is -0.129. The summed E-state index contributed by atoms with van der Waals surface area (Å²) in [6, 6.07) is 0. The highest BCUT2D eigenvalue weighted by molar-refractivity contribution is 5.84. The molecule has 2 nitrogen and oxygen atoms in total. The van der Waals surface area contributed by atoms with Gasteiger partial charge in [-0.05, 0) is 56.4 Å². The van der Waals surface area contributed by atoms with Gasteiger partial charge in [-0.1, -0.05) is 20.3 Å². The van der Waals surface area contributed by atoms with Crippen LogP contribution in [0, 0.1) is 29.6 Å². The van der Waals surface area contributed by atoms with Crippen molar-refractivity contribution < 1.29 is 4.79 Å². The molecular formula is C15H27NO. The van der Waals surface area contributed by atoms with Crippen molar-refractivity contribution in [2.24, 2.45) is 35.3 Å². The minimum Gasteiger partial charge on any atom is -0.330 e. The van der Waals surface area contributed by atoms with Gasteiger partial charge in [-0.2, -0.15) is 0 Å². The van der Waals surface area contributed by atoms with Gasteiger partial charge in [0, 0.05) is 11.8 Å². The van der Waals surface area contributed by atoms with E-state index in [1.54, 1.807) is 0 Å². The standard InChI is InChI=1S/C15H27NO/c1-10-6-11(2)8-13(7-10)15(17)14-5-3-4-12(14)9-16/h10-14H,3-9,16H2,1-2H3. The van der Waals surface area contributed by atoms with E-state index in [4.69, 9.17) is 5.73 Å². The van der Waals surface area contributed by atoms with Crippen LogP contribution >= 0.6 is 0 Å². The molecule has 0 aromatic heterocycles. The Hall–Kier alpha value is -0.370. The summed E-state index contributed by atoms with van der Waals surface area (Å²) < 4.78 is 0. The summed E-state index contributed by atoms with van der Waals surface area (Å²) >= 11 is 0. The number of carbonyl (C=O) groups excluding carboxylic acids is 1. The summed E-state index contributed by atoms with van der Waals surface area (Å²) in [5.41, 5.74) is 5.79. The summed E-state index contributed by atoms with van der Waals surface area (Å²) in [4.78, 5) is 12.6. The van der Waals surface area contributed by atoms with Gasteiger partial charge >= 0.3 is 0 Å². The fourth-order valence-electron chi connectivity index (χ4n) is 4.18. The average Bonchev–Trinajstić information content (AvgIpc) is 2.74. The molecule has 98 valence electrons. The Morgan fingerprint density at radius 1 is 1.12 bits per heavy atom. The number of carbonyl (C=O) groups is 1. The third kappa shape index (κ3) is 2.90. The molecular weight excluding hydrogens is 210 g/mol. The summed E-state index contributed by atoms with van der Waals surface area (Å²) in [5, 5.41) is 0. The number of nitrogens with two attached hydrogens (primary N) is 1. The largest absolute Gasteiger partial charge is 0.330 e. The lowest BCUT2D eigenvalue weighted by atomic mass is 9.71. The van der Waals surface area contributed by atoms with Crippen molar-refractivity contribution in [2.75, 3.05) is 6.54 Å². The van der Waals surface area contributed by atoms with E-state index in [1.165, 1.54) is 19.3 Å². The van der Waals surface area contributed by atoms with Gasteiger partial charge in [0.15, 0.2) is 0 Å². The Morgan fingerprint density at radius 2 is 1.76 bits per heavy atom. The van der Waals surface area contributed by atoms with Crippen molar-refractivity contribution in [1.82, 2.24) is 0 Å². The second-order valence-corrected chi connectivity index (χ2v) is 6.55. The number of ketones is 1. The van der Waals surface area contributed by atoms with Gasteiger partial charge in [-0.3, -0.25) is 4.79 Å². The molecule has 2 rings (SSSR count). The third-order valence-corrected chi connectivity index (χ3v) is 4.91. The van der Waals surface area contributed by atoms with Gasteiger partial charge in [0.2, 0.25) is 0 Å². The van der Waals surface area contributed by atoms with Crippen molar-refractivity contribution in [3.63, 3.8) is 0 Å². The summed E-state index contributed by atoms with van der Waals surface area (Å²) in [7, 11) is 0. The first-order chi connectivity index (χ1) is 8.11. The zero-order chi connectivity index (χ0) is 12.4. The van der Waals surface area contributed by atoms with Crippen LogP contribution in [0.15, 0.2) is 0 Å². The van der Waals surface area contributed by atoms with Gasteiger partial charge in [0.05, 0.1) is 0 Å². The fourth-order valence-corrected chi connectivity index (χ4v) is 4.18. The van der Waals surface area contributed by atoms with Crippen LogP contribution in [0.5, 0.6) is 0 Å². The van der Waals surface area contributed by atoms with Crippen molar-refractivity contribution in [3.8, 4) is 0 Å². The lowest BCUT2D eigenvalue weighted by Crippen LogP contribution is -2.34. The van der Waals surface area contributed by atoms with Crippen LogP contribution in [0.25, 0.3) is 0 Å².